The van der Waals surface area contributed by atoms with E-state index in [1.54, 1.807) is 11.0 Å². The Kier molecular flexibility index (Phi) is 10.2. The van der Waals surface area contributed by atoms with E-state index in [1.165, 1.54) is 0 Å². The number of aryl methyl sites for hydroxylation is 1. The van der Waals surface area contributed by atoms with Crippen molar-refractivity contribution < 1.29 is 14.3 Å². The van der Waals surface area contributed by atoms with Crippen LogP contribution >= 0.6 is 11.6 Å². The molecule has 0 aromatic heterocycles. The topological polar surface area (TPSA) is 58.6 Å². The minimum Gasteiger partial charge on any atom is -0.484 e. The molecule has 0 saturated heterocycles. The fraction of sp³-hybridized carbons (Fsp3) is 0.310. The molecule has 0 unspecified atom stereocenters. The first-order valence-electron chi connectivity index (χ1n) is 12.0. The van der Waals surface area contributed by atoms with Crippen LogP contribution < -0.4 is 10.1 Å². The largest absolute Gasteiger partial charge is 0.484 e. The van der Waals surface area contributed by atoms with E-state index >= 15 is 0 Å². The van der Waals surface area contributed by atoms with Gasteiger partial charge in [-0.05, 0) is 54.3 Å². The van der Waals surface area contributed by atoms with Gasteiger partial charge in [-0.15, -0.1) is 0 Å². The fourth-order valence-electron chi connectivity index (χ4n) is 3.83. The highest BCUT2D eigenvalue weighted by Gasteiger charge is 2.30. The Morgan fingerprint density at radius 2 is 1.71 bits per heavy atom. The van der Waals surface area contributed by atoms with Gasteiger partial charge in [-0.3, -0.25) is 9.59 Å². The maximum Gasteiger partial charge on any atom is 0.261 e. The van der Waals surface area contributed by atoms with Crippen LogP contribution in [-0.2, 0) is 22.6 Å². The van der Waals surface area contributed by atoms with E-state index in [1.807, 2.05) is 79.7 Å². The number of carbonyl (C=O) groups excluding carboxylic acids is 2. The predicted octanol–water partition coefficient (Wildman–Crippen LogP) is 5.58. The van der Waals surface area contributed by atoms with Crippen LogP contribution in [0, 0.1) is 6.92 Å². The number of ether oxygens (including phenoxy) is 1. The summed E-state index contributed by atoms with van der Waals surface area (Å²) in [6.45, 7) is 4.69. The fourth-order valence-corrected chi connectivity index (χ4v) is 4.04. The van der Waals surface area contributed by atoms with Gasteiger partial charge in [-0.2, -0.15) is 0 Å². The molecule has 184 valence electrons. The molecule has 0 heterocycles. The Morgan fingerprint density at radius 1 is 0.971 bits per heavy atom. The molecule has 35 heavy (non-hydrogen) atoms. The number of nitrogens with zero attached hydrogens (tertiary/aromatic N) is 1. The minimum atomic E-state index is -0.693. The van der Waals surface area contributed by atoms with Crippen LogP contribution in [0.3, 0.4) is 0 Å². The number of rotatable bonds is 12. The van der Waals surface area contributed by atoms with Gasteiger partial charge < -0.3 is 15.0 Å². The van der Waals surface area contributed by atoms with Gasteiger partial charge in [0.05, 0.1) is 0 Å². The van der Waals surface area contributed by atoms with Gasteiger partial charge in [-0.1, -0.05) is 79.5 Å². The number of halogens is 1. The maximum absolute atomic E-state index is 13.5. The van der Waals surface area contributed by atoms with Gasteiger partial charge in [0.2, 0.25) is 5.91 Å². The summed E-state index contributed by atoms with van der Waals surface area (Å²) in [4.78, 5) is 28.5. The van der Waals surface area contributed by atoms with Crippen molar-refractivity contribution in [2.24, 2.45) is 0 Å². The Hall–Kier alpha value is -3.31. The van der Waals surface area contributed by atoms with E-state index in [0.29, 0.717) is 23.7 Å². The van der Waals surface area contributed by atoms with E-state index in [9.17, 15) is 9.59 Å². The van der Waals surface area contributed by atoms with E-state index in [2.05, 4.69) is 12.2 Å². The summed E-state index contributed by atoms with van der Waals surface area (Å²) >= 11 is 6.21. The van der Waals surface area contributed by atoms with Gasteiger partial charge >= 0.3 is 0 Å². The smallest absolute Gasteiger partial charge is 0.261 e. The second-order valence-corrected chi connectivity index (χ2v) is 9.04. The number of nitrogens with one attached hydrogen (secondary N) is 1. The molecule has 6 heteroatoms. The number of amides is 2. The van der Waals surface area contributed by atoms with Crippen molar-refractivity contribution in [2.75, 3.05) is 13.2 Å². The minimum absolute atomic E-state index is 0.169. The molecule has 0 aliphatic rings. The van der Waals surface area contributed by atoms with Crippen LogP contribution in [0.4, 0.5) is 0 Å². The van der Waals surface area contributed by atoms with Crippen LogP contribution in [0.5, 0.6) is 5.75 Å². The Balaban J connectivity index is 1.88. The molecule has 0 radical (unpaired) electrons. The van der Waals surface area contributed by atoms with Crippen molar-refractivity contribution in [1.82, 2.24) is 10.2 Å². The van der Waals surface area contributed by atoms with Crippen LogP contribution in [0.2, 0.25) is 5.02 Å². The zero-order valence-corrected chi connectivity index (χ0v) is 21.1. The summed E-state index contributed by atoms with van der Waals surface area (Å²) in [5.41, 5.74) is 2.87. The predicted molar refractivity (Wildman–Crippen MR) is 141 cm³/mol. The summed E-state index contributed by atoms with van der Waals surface area (Å²) in [6.07, 6.45) is 2.25. The van der Waals surface area contributed by atoms with Gasteiger partial charge in [0.15, 0.2) is 6.61 Å². The van der Waals surface area contributed by atoms with Gasteiger partial charge in [-0.25, -0.2) is 0 Å². The summed E-state index contributed by atoms with van der Waals surface area (Å²) < 4.78 is 5.82. The average molecular weight is 493 g/mol. The molecule has 2 amide bonds. The maximum atomic E-state index is 13.5. The van der Waals surface area contributed by atoms with Gasteiger partial charge in [0.1, 0.15) is 11.8 Å². The number of unbranched alkanes of at least 4 members (excludes halogenated alkanes) is 1. The first-order valence-corrected chi connectivity index (χ1v) is 12.4. The van der Waals surface area contributed by atoms with Crippen molar-refractivity contribution >= 4 is 23.4 Å². The molecule has 3 aromatic carbocycles. The third-order valence-electron chi connectivity index (χ3n) is 5.69. The molecule has 1 N–H and O–H groups in total. The first-order chi connectivity index (χ1) is 17.0. The molecule has 0 spiro atoms. The lowest BCUT2D eigenvalue weighted by Crippen LogP contribution is -2.51. The average Bonchev–Trinajstić information content (AvgIpc) is 2.85. The third-order valence-corrected chi connectivity index (χ3v) is 5.93. The summed E-state index contributed by atoms with van der Waals surface area (Å²) in [5.74, 6) is 0.180. The summed E-state index contributed by atoms with van der Waals surface area (Å²) in [5, 5.41) is 3.60. The molecule has 0 aliphatic heterocycles. The lowest BCUT2D eigenvalue weighted by Gasteiger charge is -2.31. The monoisotopic (exact) mass is 492 g/mol. The standard InChI is InChI=1S/C29H33ClN2O3/c1-3-4-16-31-29(34)27(19-23-11-6-5-7-12-23)32(20-24-13-9-14-25(30)18-24)28(33)21-35-26-15-8-10-22(2)17-26/h5-15,17-18,27H,3-4,16,19-21H2,1-2H3,(H,31,34)/t27-/m0/s1. The van der Waals surface area contributed by atoms with Crippen LogP contribution in [-0.4, -0.2) is 35.9 Å². The number of carbonyl (C=O) groups is 2. The van der Waals surface area contributed by atoms with Crippen molar-refractivity contribution in [3.63, 3.8) is 0 Å². The molecule has 0 bridgehead atoms. The van der Waals surface area contributed by atoms with E-state index in [-0.39, 0.29) is 25.0 Å². The lowest BCUT2D eigenvalue weighted by molar-refractivity contribution is -0.142. The van der Waals surface area contributed by atoms with Crippen molar-refractivity contribution in [3.8, 4) is 5.75 Å². The second kappa shape index (κ2) is 13.5. The van der Waals surface area contributed by atoms with Crippen LogP contribution in [0.1, 0.15) is 36.5 Å². The number of hydrogen-bond donors (Lipinski definition) is 1. The molecule has 3 aromatic rings. The van der Waals surface area contributed by atoms with Crippen LogP contribution in [0.15, 0.2) is 78.9 Å². The van der Waals surface area contributed by atoms with Crippen molar-refractivity contribution in [1.29, 1.82) is 0 Å². The second-order valence-electron chi connectivity index (χ2n) is 8.61. The summed E-state index contributed by atoms with van der Waals surface area (Å²) in [6, 6.07) is 24.0. The Bertz CT molecular complexity index is 1100. The SMILES string of the molecule is CCCCNC(=O)[C@H](Cc1ccccc1)N(Cc1cccc(Cl)c1)C(=O)COc1cccc(C)c1. The van der Waals surface area contributed by atoms with Crippen LogP contribution in [0.25, 0.3) is 0 Å². The van der Waals surface area contributed by atoms with E-state index < -0.39 is 6.04 Å². The first kappa shape index (κ1) is 26.3. The molecule has 0 fully saturated rings. The third kappa shape index (κ3) is 8.45. The van der Waals surface area contributed by atoms with E-state index in [4.69, 9.17) is 16.3 Å². The molecule has 0 saturated carbocycles. The summed E-state index contributed by atoms with van der Waals surface area (Å²) in [7, 11) is 0. The van der Waals surface area contributed by atoms with Gasteiger partial charge in [0.25, 0.3) is 5.91 Å². The quantitative estimate of drug-likeness (QED) is 0.335. The number of hydrogen-bond acceptors (Lipinski definition) is 3. The zero-order chi connectivity index (χ0) is 25.0. The highest BCUT2D eigenvalue weighted by atomic mass is 35.5. The lowest BCUT2D eigenvalue weighted by atomic mass is 10.0. The normalized spacial score (nSPS) is 11.5. The Labute approximate surface area is 213 Å². The highest BCUT2D eigenvalue weighted by Crippen LogP contribution is 2.19. The molecule has 3 rings (SSSR count). The van der Waals surface area contributed by atoms with Gasteiger partial charge in [0, 0.05) is 24.5 Å². The molecular weight excluding hydrogens is 460 g/mol. The molecular formula is C29H33ClN2O3. The zero-order valence-electron chi connectivity index (χ0n) is 20.4. The molecule has 0 aliphatic carbocycles. The molecule has 5 nitrogen and oxygen atoms in total. The highest BCUT2D eigenvalue weighted by molar-refractivity contribution is 6.30. The van der Waals surface area contributed by atoms with Crippen molar-refractivity contribution in [2.45, 2.75) is 45.7 Å². The Morgan fingerprint density at radius 3 is 2.43 bits per heavy atom. The number of benzene rings is 3. The van der Waals surface area contributed by atoms with Crippen molar-refractivity contribution in [3.05, 3.63) is 101 Å². The van der Waals surface area contributed by atoms with E-state index in [0.717, 1.165) is 29.5 Å². The molecule has 1 atom stereocenters.